The molecule has 0 spiro atoms. The molecule has 0 radical (unpaired) electrons. The van der Waals surface area contributed by atoms with Crippen molar-refractivity contribution >= 4 is 67.7 Å². The SMILES string of the molecule is C=C1C=C(C)N(c2c(C(C)C)cccc2C(C)C)[Si@@]([NH-])(Br)N1c1c(C(C)C)cccc1C(C)C.C=C1C=C(C)N(c2c(C(C)C)cccc2C(C)C)[Si@@]([NH-])(Br)N1c1c(C(C)C)cccc1C(C)C.[Li+].[Li+]. The van der Waals surface area contributed by atoms with Crippen LogP contribution in [-0.4, -0.2) is 14.4 Å². The van der Waals surface area contributed by atoms with E-state index in [4.69, 9.17) is 0 Å². The molecule has 70 heavy (non-hydrogen) atoms. The van der Waals surface area contributed by atoms with Gasteiger partial charge in [0.2, 0.25) is 14.4 Å². The van der Waals surface area contributed by atoms with Crippen LogP contribution in [0.15, 0.2) is 121 Å². The standard InChI is InChI=1S/2C29H41BrN3Si.2Li/c2*1-18(2)24-13-11-14-25(19(3)4)28(24)32-22(9)17-23(10)33(34(32,30)31)29-26(20(5)6)15-12-16-27(29)21(7)8;;/h2*11-21,31H,9H2,1-8,10H3;;/q2*-1;2*+1/t2*34-;;/m11../s1. The number of allylic oxidation sites excluding steroid dienone is 4. The van der Waals surface area contributed by atoms with Crippen LogP contribution >= 0.6 is 30.6 Å². The van der Waals surface area contributed by atoms with Gasteiger partial charge in [0.15, 0.2) is 0 Å². The molecule has 0 unspecified atom stereocenters. The van der Waals surface area contributed by atoms with E-state index in [-0.39, 0.29) is 37.7 Å². The number of nitrogens with zero attached hydrogens (tertiary/aromatic N) is 4. The minimum absolute atomic E-state index is 0. The first-order valence-corrected chi connectivity index (χ1v) is 33.2. The van der Waals surface area contributed by atoms with Gasteiger partial charge >= 0.3 is 37.7 Å². The van der Waals surface area contributed by atoms with Crippen molar-refractivity contribution in [3.05, 3.63) is 176 Å². The molecule has 2 heterocycles. The van der Waals surface area contributed by atoms with Crippen LogP contribution in [0.1, 0.15) is 216 Å². The van der Waals surface area contributed by atoms with Crippen molar-refractivity contribution in [2.75, 3.05) is 18.3 Å². The number of nitrogens with one attached hydrogen (secondary N) is 2. The Morgan fingerprint density at radius 3 is 0.671 bits per heavy atom. The van der Waals surface area contributed by atoms with Gasteiger partial charge in [-0.1, -0.05) is 227 Å². The molecule has 4 aromatic carbocycles. The Labute approximate surface area is 467 Å². The molecule has 12 heteroatoms. The molecule has 6 nitrogen and oxygen atoms in total. The van der Waals surface area contributed by atoms with E-state index in [1.54, 1.807) is 0 Å². The molecule has 4 aromatic rings. The van der Waals surface area contributed by atoms with Crippen molar-refractivity contribution in [2.45, 2.75) is 172 Å². The Kier molecular flexibility index (Phi) is 21.8. The maximum atomic E-state index is 10.0. The summed E-state index contributed by atoms with van der Waals surface area (Å²) in [4.78, 5) is 0. The minimum atomic E-state index is -3.20. The molecule has 2 atom stereocenters. The average molecular weight is 1090 g/mol. The molecule has 368 valence electrons. The third-order valence-electron chi connectivity index (χ3n) is 13.5. The van der Waals surface area contributed by atoms with Crippen molar-refractivity contribution in [3.63, 3.8) is 0 Å². The first-order valence-electron chi connectivity index (χ1n) is 24.9. The zero-order chi connectivity index (χ0) is 51.1. The van der Waals surface area contributed by atoms with Gasteiger partial charge in [0, 0.05) is 45.5 Å². The average Bonchev–Trinajstić information content (AvgIpc) is 3.22. The van der Waals surface area contributed by atoms with Crippen LogP contribution < -0.4 is 56.0 Å². The van der Waals surface area contributed by atoms with Gasteiger partial charge in [0.05, 0.1) is 0 Å². The van der Waals surface area contributed by atoms with E-state index >= 15 is 0 Å². The van der Waals surface area contributed by atoms with Gasteiger partial charge in [-0.05, 0) is 118 Å². The van der Waals surface area contributed by atoms with Crippen molar-refractivity contribution in [2.24, 2.45) is 0 Å². The van der Waals surface area contributed by atoms with Gasteiger partial charge in [-0.2, -0.15) is 0 Å². The van der Waals surface area contributed by atoms with Gasteiger partial charge in [0.1, 0.15) is 0 Å². The van der Waals surface area contributed by atoms with Crippen LogP contribution in [0.25, 0.3) is 10.8 Å². The predicted molar refractivity (Wildman–Crippen MR) is 312 cm³/mol. The Hall–Kier alpha value is -2.45. The van der Waals surface area contributed by atoms with Crippen molar-refractivity contribution in [1.29, 1.82) is 0 Å². The molecule has 0 saturated carbocycles. The van der Waals surface area contributed by atoms with Crippen LogP contribution in [-0.2, 0) is 0 Å². The molecular formula is C58H82Br2Li2N6Si2. The Bertz CT molecular complexity index is 2280. The summed E-state index contributed by atoms with van der Waals surface area (Å²) in [6, 6.07) is 26.4. The number of hydrogen-bond acceptors (Lipinski definition) is 4. The molecule has 0 fully saturated rings. The second-order valence-corrected chi connectivity index (χ2v) is 32.2. The summed E-state index contributed by atoms with van der Waals surface area (Å²) < 4.78 is 9.05. The summed E-state index contributed by atoms with van der Waals surface area (Å²) in [6.07, 6.45) is 4.31. The third-order valence-corrected chi connectivity index (χ3v) is 22.3. The number of para-hydroxylation sites is 4. The largest absolute Gasteiger partial charge is 1.00 e. The van der Waals surface area contributed by atoms with Gasteiger partial charge in [-0.15, -0.1) is 0 Å². The van der Waals surface area contributed by atoms with E-state index in [2.05, 4.69) is 272 Å². The zero-order valence-electron chi connectivity index (χ0n) is 46.7. The molecule has 0 amide bonds. The normalized spacial score (nSPS) is 18.6. The van der Waals surface area contributed by atoms with E-state index in [0.717, 1.165) is 34.2 Å². The molecule has 0 bridgehead atoms. The van der Waals surface area contributed by atoms with Crippen LogP contribution in [0, 0.1) is 0 Å². The van der Waals surface area contributed by atoms with E-state index in [0.29, 0.717) is 47.3 Å². The minimum Gasteiger partial charge on any atom is -0.634 e. The molecule has 2 aliphatic heterocycles. The zero-order valence-corrected chi connectivity index (χ0v) is 51.8. The summed E-state index contributed by atoms with van der Waals surface area (Å²) in [5.74, 6) is 2.78. The number of benzene rings is 4. The maximum absolute atomic E-state index is 10.0. The van der Waals surface area contributed by atoms with E-state index in [1.165, 1.54) is 55.9 Å². The molecule has 2 aliphatic rings. The Morgan fingerprint density at radius 2 is 0.514 bits per heavy atom. The first-order chi connectivity index (χ1) is 31.6. The molecule has 0 aromatic heterocycles. The van der Waals surface area contributed by atoms with Gasteiger partial charge < -0.3 is 29.1 Å². The number of anilines is 4. The molecule has 0 aliphatic carbocycles. The number of rotatable bonds is 12. The third kappa shape index (κ3) is 12.2. The van der Waals surface area contributed by atoms with Crippen LogP contribution in [0.5, 0.6) is 0 Å². The van der Waals surface area contributed by atoms with E-state index < -0.39 is 14.4 Å². The fraction of sp³-hybridized carbons (Fsp3) is 0.448. The molecule has 0 saturated heterocycles. The Morgan fingerprint density at radius 1 is 0.357 bits per heavy atom. The van der Waals surface area contributed by atoms with Gasteiger partial charge in [0.25, 0.3) is 0 Å². The number of halogens is 2. The van der Waals surface area contributed by atoms with Crippen molar-refractivity contribution in [1.82, 2.24) is 0 Å². The van der Waals surface area contributed by atoms with E-state index in [1.807, 2.05) is 0 Å². The van der Waals surface area contributed by atoms with Crippen LogP contribution in [0.4, 0.5) is 22.7 Å². The fourth-order valence-corrected chi connectivity index (χ4v) is 19.8. The van der Waals surface area contributed by atoms with Gasteiger partial charge in [-0.25, -0.2) is 0 Å². The van der Waals surface area contributed by atoms with Crippen molar-refractivity contribution in [3.8, 4) is 0 Å². The summed E-state index contributed by atoms with van der Waals surface area (Å²) in [7, 11) is -6.41. The summed E-state index contributed by atoms with van der Waals surface area (Å²) in [5, 5.41) is 20.1. The summed E-state index contributed by atoms with van der Waals surface area (Å²) in [5.41, 5.74) is 18.8. The predicted octanol–water partition coefficient (Wildman–Crippen LogP) is 13.6. The second kappa shape index (κ2) is 24.7. The molecular weight excluding hydrogens is 1010 g/mol. The number of hydrogen-bond donors (Lipinski definition) is 0. The molecule has 6 rings (SSSR count). The fourth-order valence-electron chi connectivity index (χ4n) is 10.1. The quantitative estimate of drug-likeness (QED) is 0.105. The second-order valence-electron chi connectivity index (χ2n) is 21.4. The van der Waals surface area contributed by atoms with Crippen LogP contribution in [0.2, 0.25) is 0 Å². The van der Waals surface area contributed by atoms with Crippen LogP contribution in [0.3, 0.4) is 0 Å². The van der Waals surface area contributed by atoms with Gasteiger partial charge in [-0.3, -0.25) is 0 Å². The monoisotopic (exact) mass is 1090 g/mol. The maximum Gasteiger partial charge on any atom is 1.00 e. The van der Waals surface area contributed by atoms with E-state index in [9.17, 15) is 10.8 Å². The molecule has 2 N–H and O–H groups in total. The van der Waals surface area contributed by atoms with Crippen molar-refractivity contribution < 1.29 is 37.7 Å². The smallest absolute Gasteiger partial charge is 0.634 e. The first kappa shape index (κ1) is 61.8. The summed E-state index contributed by atoms with van der Waals surface area (Å²) in [6.45, 7) is 49.0. The summed E-state index contributed by atoms with van der Waals surface area (Å²) >= 11 is 8.14. The Balaban J connectivity index is 0.000000360. The topological polar surface area (TPSA) is 60.6 Å².